The highest BCUT2D eigenvalue weighted by Gasteiger charge is 2.34. The van der Waals surface area contributed by atoms with E-state index in [1.807, 2.05) is 29.2 Å². The van der Waals surface area contributed by atoms with Gasteiger partial charge in [-0.1, -0.05) is 12.1 Å². The minimum atomic E-state index is 0.250. The average molecular weight is 274 g/mol. The number of methoxy groups -OCH3 is 1. The van der Waals surface area contributed by atoms with Crippen LogP contribution in [0.1, 0.15) is 18.4 Å². The minimum Gasteiger partial charge on any atom is -0.497 e. The first-order chi connectivity index (χ1) is 9.76. The van der Waals surface area contributed by atoms with Gasteiger partial charge in [0.25, 0.3) is 0 Å². The number of benzene rings is 1. The molecule has 1 aromatic carbocycles. The molecule has 2 aliphatic rings. The molecule has 2 unspecified atom stereocenters. The van der Waals surface area contributed by atoms with Crippen LogP contribution in [-0.4, -0.2) is 43.6 Å². The summed E-state index contributed by atoms with van der Waals surface area (Å²) in [7, 11) is 1.65. The Bertz CT molecular complexity index is 472. The average Bonchev–Trinajstić information content (AvgIpc) is 2.95. The van der Waals surface area contributed by atoms with E-state index < -0.39 is 0 Å². The summed E-state index contributed by atoms with van der Waals surface area (Å²) < 4.78 is 5.14. The zero-order valence-corrected chi connectivity index (χ0v) is 12.0. The molecule has 4 nitrogen and oxygen atoms in total. The topological polar surface area (TPSA) is 41.6 Å². The third kappa shape index (κ3) is 2.80. The highest BCUT2D eigenvalue weighted by molar-refractivity contribution is 5.79. The zero-order valence-electron chi connectivity index (χ0n) is 12.0. The molecule has 3 rings (SSSR count). The van der Waals surface area contributed by atoms with Crippen LogP contribution in [0.4, 0.5) is 0 Å². The number of carbonyl (C=O) groups is 1. The van der Waals surface area contributed by atoms with E-state index >= 15 is 0 Å². The zero-order chi connectivity index (χ0) is 13.9. The van der Waals surface area contributed by atoms with E-state index in [1.165, 1.54) is 6.42 Å². The molecule has 108 valence electrons. The van der Waals surface area contributed by atoms with Gasteiger partial charge in [-0.3, -0.25) is 4.79 Å². The second-order valence-electron chi connectivity index (χ2n) is 5.76. The summed E-state index contributed by atoms with van der Waals surface area (Å²) in [5, 5.41) is 3.53. The van der Waals surface area contributed by atoms with Crippen LogP contribution in [0.15, 0.2) is 24.3 Å². The van der Waals surface area contributed by atoms with Gasteiger partial charge in [0.05, 0.1) is 13.5 Å². The number of ether oxygens (including phenoxy) is 1. The maximum atomic E-state index is 12.4. The predicted octanol–water partition coefficient (Wildman–Crippen LogP) is 1.45. The van der Waals surface area contributed by atoms with E-state index in [4.69, 9.17) is 4.74 Å². The number of nitrogens with one attached hydrogen (secondary N) is 1. The summed E-state index contributed by atoms with van der Waals surface area (Å²) >= 11 is 0. The molecular weight excluding hydrogens is 252 g/mol. The van der Waals surface area contributed by atoms with E-state index in [9.17, 15) is 4.79 Å². The number of piperidine rings is 1. The molecule has 2 heterocycles. The van der Waals surface area contributed by atoms with Crippen LogP contribution in [0, 0.1) is 5.92 Å². The normalized spacial score (nSPS) is 25.4. The molecule has 2 fully saturated rings. The van der Waals surface area contributed by atoms with Crippen LogP contribution in [0.25, 0.3) is 0 Å². The number of hydrogen-bond acceptors (Lipinski definition) is 3. The molecule has 1 amide bonds. The number of hydrogen-bond donors (Lipinski definition) is 1. The van der Waals surface area contributed by atoms with Crippen molar-refractivity contribution in [1.82, 2.24) is 10.2 Å². The van der Waals surface area contributed by atoms with Crippen molar-refractivity contribution in [3.63, 3.8) is 0 Å². The van der Waals surface area contributed by atoms with E-state index in [0.717, 1.165) is 37.4 Å². The monoisotopic (exact) mass is 274 g/mol. The molecule has 4 heteroatoms. The number of likely N-dealkylation sites (tertiary alicyclic amines) is 1. The van der Waals surface area contributed by atoms with Crippen molar-refractivity contribution in [2.45, 2.75) is 25.3 Å². The van der Waals surface area contributed by atoms with E-state index in [0.29, 0.717) is 18.4 Å². The summed E-state index contributed by atoms with van der Waals surface area (Å²) in [6.07, 6.45) is 2.80. The van der Waals surface area contributed by atoms with Crippen LogP contribution < -0.4 is 10.1 Å². The molecule has 2 saturated heterocycles. The molecule has 0 saturated carbocycles. The highest BCUT2D eigenvalue weighted by Crippen LogP contribution is 2.25. The number of carbonyl (C=O) groups excluding carboxylic acids is 1. The molecule has 0 aliphatic carbocycles. The van der Waals surface area contributed by atoms with E-state index in [1.54, 1.807) is 7.11 Å². The summed E-state index contributed by atoms with van der Waals surface area (Å²) in [6, 6.07) is 8.41. The Kier molecular flexibility index (Phi) is 3.92. The van der Waals surface area contributed by atoms with Crippen LogP contribution in [-0.2, 0) is 11.2 Å². The molecule has 0 aromatic heterocycles. The molecule has 2 atom stereocenters. The van der Waals surface area contributed by atoms with E-state index in [-0.39, 0.29) is 5.91 Å². The quantitative estimate of drug-likeness (QED) is 0.907. The Morgan fingerprint density at radius 1 is 1.35 bits per heavy atom. The Morgan fingerprint density at radius 3 is 2.90 bits per heavy atom. The summed E-state index contributed by atoms with van der Waals surface area (Å²) in [5.74, 6) is 1.74. The lowest BCUT2D eigenvalue weighted by atomic mass is 9.93. The van der Waals surface area contributed by atoms with Crippen molar-refractivity contribution in [3.8, 4) is 5.75 Å². The van der Waals surface area contributed by atoms with Crippen LogP contribution in [0.2, 0.25) is 0 Å². The molecule has 0 spiro atoms. The van der Waals surface area contributed by atoms with Gasteiger partial charge in [0, 0.05) is 19.1 Å². The van der Waals surface area contributed by atoms with Gasteiger partial charge in [0.1, 0.15) is 5.75 Å². The van der Waals surface area contributed by atoms with Crippen molar-refractivity contribution in [3.05, 3.63) is 29.8 Å². The molecule has 20 heavy (non-hydrogen) atoms. The smallest absolute Gasteiger partial charge is 0.227 e. The fourth-order valence-electron chi connectivity index (χ4n) is 3.30. The Hall–Kier alpha value is -1.55. The Balaban J connectivity index is 1.58. The first-order valence-corrected chi connectivity index (χ1v) is 7.40. The number of fused-ring (bicyclic) bond motifs is 1. The Morgan fingerprint density at radius 2 is 2.15 bits per heavy atom. The van der Waals surface area contributed by atoms with Crippen molar-refractivity contribution in [2.75, 3.05) is 26.7 Å². The number of amides is 1. The van der Waals surface area contributed by atoms with Gasteiger partial charge in [-0.25, -0.2) is 0 Å². The van der Waals surface area contributed by atoms with Crippen LogP contribution in [0.3, 0.4) is 0 Å². The van der Waals surface area contributed by atoms with Gasteiger partial charge in [0.2, 0.25) is 5.91 Å². The standard InChI is InChI=1S/C16H22N2O2/c1-20-14-4-2-12(3-5-14)10-16(19)18-9-7-15-13(11-18)6-8-17-15/h2-5,13,15,17H,6-11H2,1H3. The van der Waals surface area contributed by atoms with Crippen molar-refractivity contribution in [2.24, 2.45) is 5.92 Å². The first-order valence-electron chi connectivity index (χ1n) is 7.40. The highest BCUT2D eigenvalue weighted by atomic mass is 16.5. The van der Waals surface area contributed by atoms with Gasteiger partial charge in [-0.2, -0.15) is 0 Å². The van der Waals surface area contributed by atoms with Gasteiger partial charge in [0.15, 0.2) is 0 Å². The lowest BCUT2D eigenvalue weighted by Gasteiger charge is -2.35. The SMILES string of the molecule is COc1ccc(CC(=O)N2CCC3NCCC3C2)cc1. The fraction of sp³-hybridized carbons (Fsp3) is 0.562. The van der Waals surface area contributed by atoms with Crippen LogP contribution in [0.5, 0.6) is 5.75 Å². The van der Waals surface area contributed by atoms with Gasteiger partial charge in [-0.05, 0) is 43.0 Å². The van der Waals surface area contributed by atoms with Crippen molar-refractivity contribution < 1.29 is 9.53 Å². The van der Waals surface area contributed by atoms with E-state index in [2.05, 4.69) is 5.32 Å². The predicted molar refractivity (Wildman–Crippen MR) is 77.8 cm³/mol. The third-order valence-electron chi connectivity index (χ3n) is 4.52. The largest absolute Gasteiger partial charge is 0.497 e. The number of rotatable bonds is 3. The lowest BCUT2D eigenvalue weighted by Crippen LogP contribution is -2.47. The van der Waals surface area contributed by atoms with Crippen LogP contribution >= 0.6 is 0 Å². The molecular formula is C16H22N2O2. The molecule has 1 N–H and O–H groups in total. The first kappa shape index (κ1) is 13.4. The van der Waals surface area contributed by atoms with Gasteiger partial charge >= 0.3 is 0 Å². The second kappa shape index (κ2) is 5.83. The fourth-order valence-corrected chi connectivity index (χ4v) is 3.30. The third-order valence-corrected chi connectivity index (χ3v) is 4.52. The summed E-state index contributed by atoms with van der Waals surface area (Å²) in [4.78, 5) is 14.4. The molecule has 1 aromatic rings. The number of nitrogens with zero attached hydrogens (tertiary/aromatic N) is 1. The molecule has 2 aliphatic heterocycles. The molecule has 0 bridgehead atoms. The summed E-state index contributed by atoms with van der Waals surface area (Å²) in [6.45, 7) is 2.92. The molecule has 0 radical (unpaired) electrons. The van der Waals surface area contributed by atoms with Gasteiger partial charge < -0.3 is 15.0 Å². The lowest BCUT2D eigenvalue weighted by molar-refractivity contribution is -0.132. The maximum Gasteiger partial charge on any atom is 0.227 e. The minimum absolute atomic E-state index is 0.250. The summed E-state index contributed by atoms with van der Waals surface area (Å²) in [5.41, 5.74) is 1.06. The second-order valence-corrected chi connectivity index (χ2v) is 5.76. The van der Waals surface area contributed by atoms with Crippen molar-refractivity contribution in [1.29, 1.82) is 0 Å². The van der Waals surface area contributed by atoms with Gasteiger partial charge in [-0.15, -0.1) is 0 Å². The Labute approximate surface area is 120 Å². The van der Waals surface area contributed by atoms with Crippen molar-refractivity contribution >= 4 is 5.91 Å². The maximum absolute atomic E-state index is 12.4.